The van der Waals surface area contributed by atoms with Gasteiger partial charge in [-0.3, -0.25) is 0 Å². The zero-order valence-electron chi connectivity index (χ0n) is 13.8. The van der Waals surface area contributed by atoms with E-state index in [1.54, 1.807) is 0 Å². The Balaban J connectivity index is 1.49. The zero-order chi connectivity index (χ0) is 15.9. The molecule has 3 heteroatoms. The Morgan fingerprint density at radius 1 is 0.957 bits per heavy atom. The molecule has 0 spiro atoms. The van der Waals surface area contributed by atoms with Gasteiger partial charge >= 0.3 is 0 Å². The maximum Gasteiger partial charge on any atom is 0.0821 e. The van der Waals surface area contributed by atoms with Crippen LogP contribution in [0.3, 0.4) is 0 Å². The summed E-state index contributed by atoms with van der Waals surface area (Å²) in [6.45, 7) is 4.19. The Hall–Kier alpha value is -1.68. The lowest BCUT2D eigenvalue weighted by Gasteiger charge is -2.25. The number of hydrogen-bond donors (Lipinski definition) is 0. The topological polar surface area (TPSA) is 21.7 Å². The van der Waals surface area contributed by atoms with E-state index in [2.05, 4.69) is 60.5 Å². The van der Waals surface area contributed by atoms with Crippen LogP contribution in [0.5, 0.6) is 0 Å². The van der Waals surface area contributed by atoms with Crippen LogP contribution in [0.1, 0.15) is 12.0 Å². The normalized spacial score (nSPS) is 18.3. The van der Waals surface area contributed by atoms with E-state index in [1.165, 1.54) is 16.7 Å². The molecule has 1 atom stereocenters. The molecule has 0 bridgehead atoms. The predicted octanol–water partition coefficient (Wildman–Crippen LogP) is 3.59. The van der Waals surface area contributed by atoms with Crippen molar-refractivity contribution in [2.45, 2.75) is 19.1 Å². The van der Waals surface area contributed by atoms with Crippen molar-refractivity contribution < 1.29 is 9.47 Å². The molecule has 122 valence electrons. The molecule has 1 saturated heterocycles. The van der Waals surface area contributed by atoms with Gasteiger partial charge in [-0.25, -0.2) is 0 Å². The predicted molar refractivity (Wildman–Crippen MR) is 93.4 cm³/mol. The number of nitrogens with zero attached hydrogens (tertiary/aromatic N) is 1. The second kappa shape index (κ2) is 8.25. The molecular weight excluding hydrogens is 286 g/mol. The van der Waals surface area contributed by atoms with Crippen LogP contribution in [-0.4, -0.2) is 44.4 Å². The van der Waals surface area contributed by atoms with E-state index in [-0.39, 0.29) is 6.10 Å². The molecule has 0 radical (unpaired) electrons. The van der Waals surface area contributed by atoms with Crippen LogP contribution in [0.15, 0.2) is 54.6 Å². The van der Waals surface area contributed by atoms with Crippen LogP contribution in [-0.2, 0) is 16.0 Å². The summed E-state index contributed by atoms with van der Waals surface area (Å²) in [7, 11) is 2.16. The van der Waals surface area contributed by atoms with Crippen LogP contribution in [0, 0.1) is 0 Å². The Morgan fingerprint density at radius 3 is 2.39 bits per heavy atom. The average molecular weight is 311 g/mol. The van der Waals surface area contributed by atoms with Gasteiger partial charge in [0.1, 0.15) is 0 Å². The number of benzene rings is 2. The smallest absolute Gasteiger partial charge is 0.0821 e. The Bertz CT molecular complexity index is 576. The van der Waals surface area contributed by atoms with Gasteiger partial charge in [0.25, 0.3) is 0 Å². The largest absolute Gasteiger partial charge is 0.376 e. The first-order valence-electron chi connectivity index (χ1n) is 8.33. The molecule has 2 aromatic rings. The minimum absolute atomic E-state index is 0.256. The van der Waals surface area contributed by atoms with Crippen LogP contribution in [0.25, 0.3) is 11.1 Å². The van der Waals surface area contributed by atoms with Crippen molar-refractivity contribution >= 4 is 0 Å². The first-order valence-corrected chi connectivity index (χ1v) is 8.33. The van der Waals surface area contributed by atoms with Crippen LogP contribution in [0.2, 0.25) is 0 Å². The maximum absolute atomic E-state index is 5.69. The Kier molecular flexibility index (Phi) is 5.81. The molecule has 0 saturated carbocycles. The monoisotopic (exact) mass is 311 g/mol. The van der Waals surface area contributed by atoms with Crippen LogP contribution in [0.4, 0.5) is 0 Å². The fraction of sp³-hybridized carbons (Fsp3) is 0.400. The van der Waals surface area contributed by atoms with Crippen molar-refractivity contribution in [3.05, 3.63) is 60.2 Å². The van der Waals surface area contributed by atoms with Crippen molar-refractivity contribution in [3.63, 3.8) is 0 Å². The summed E-state index contributed by atoms with van der Waals surface area (Å²) in [6.07, 6.45) is 1.28. The fourth-order valence-corrected chi connectivity index (χ4v) is 2.89. The van der Waals surface area contributed by atoms with E-state index in [9.17, 15) is 0 Å². The molecule has 1 fully saturated rings. The first kappa shape index (κ1) is 16.2. The number of rotatable bonds is 6. The third-order valence-corrected chi connectivity index (χ3v) is 4.23. The quantitative estimate of drug-likeness (QED) is 0.814. The van der Waals surface area contributed by atoms with Crippen molar-refractivity contribution in [2.75, 3.05) is 33.4 Å². The minimum Gasteiger partial charge on any atom is -0.376 e. The molecule has 0 N–H and O–H groups in total. The van der Waals surface area contributed by atoms with Crippen LogP contribution < -0.4 is 0 Å². The van der Waals surface area contributed by atoms with E-state index >= 15 is 0 Å². The minimum atomic E-state index is 0.256. The van der Waals surface area contributed by atoms with Gasteiger partial charge in [0.05, 0.1) is 25.9 Å². The molecule has 3 nitrogen and oxygen atoms in total. The molecule has 1 aliphatic rings. The summed E-state index contributed by atoms with van der Waals surface area (Å²) < 4.78 is 11.1. The summed E-state index contributed by atoms with van der Waals surface area (Å²) in [6, 6.07) is 19.3. The van der Waals surface area contributed by atoms with Gasteiger partial charge in [-0.1, -0.05) is 54.6 Å². The zero-order valence-corrected chi connectivity index (χ0v) is 13.8. The van der Waals surface area contributed by atoms with Crippen molar-refractivity contribution in [2.24, 2.45) is 0 Å². The Morgan fingerprint density at radius 2 is 1.70 bits per heavy atom. The molecule has 1 unspecified atom stereocenters. The molecule has 0 aromatic heterocycles. The van der Waals surface area contributed by atoms with Crippen molar-refractivity contribution in [3.8, 4) is 11.1 Å². The van der Waals surface area contributed by atoms with Gasteiger partial charge < -0.3 is 14.4 Å². The summed E-state index contributed by atoms with van der Waals surface area (Å²) in [5.74, 6) is 0. The highest BCUT2D eigenvalue weighted by Gasteiger charge is 2.14. The van der Waals surface area contributed by atoms with E-state index in [0.717, 1.165) is 39.3 Å². The highest BCUT2D eigenvalue weighted by Crippen LogP contribution is 2.19. The van der Waals surface area contributed by atoms with Crippen LogP contribution >= 0.6 is 0 Å². The summed E-state index contributed by atoms with van der Waals surface area (Å²) in [5, 5.41) is 0. The van der Waals surface area contributed by atoms with E-state index in [0.29, 0.717) is 0 Å². The second-order valence-electron chi connectivity index (χ2n) is 6.16. The van der Waals surface area contributed by atoms with Gasteiger partial charge in [-0.15, -0.1) is 0 Å². The molecule has 0 amide bonds. The van der Waals surface area contributed by atoms with Crippen molar-refractivity contribution in [1.82, 2.24) is 4.90 Å². The fourth-order valence-electron chi connectivity index (χ4n) is 2.89. The van der Waals surface area contributed by atoms with Gasteiger partial charge in [0, 0.05) is 13.1 Å². The summed E-state index contributed by atoms with van der Waals surface area (Å²) in [4.78, 5) is 2.34. The summed E-state index contributed by atoms with van der Waals surface area (Å²) in [5.41, 5.74) is 3.87. The molecule has 23 heavy (non-hydrogen) atoms. The first-order chi connectivity index (χ1) is 11.3. The number of hydrogen-bond acceptors (Lipinski definition) is 3. The van der Waals surface area contributed by atoms with E-state index in [1.807, 2.05) is 6.07 Å². The highest BCUT2D eigenvalue weighted by atomic mass is 16.6. The average Bonchev–Trinajstić information content (AvgIpc) is 2.62. The van der Waals surface area contributed by atoms with E-state index in [4.69, 9.17) is 9.47 Å². The van der Waals surface area contributed by atoms with Gasteiger partial charge in [-0.2, -0.15) is 0 Å². The van der Waals surface area contributed by atoms with Crippen molar-refractivity contribution in [1.29, 1.82) is 0 Å². The molecule has 0 aliphatic carbocycles. The van der Waals surface area contributed by atoms with Gasteiger partial charge in [-0.05, 0) is 30.2 Å². The third kappa shape index (κ3) is 4.90. The van der Waals surface area contributed by atoms with Gasteiger partial charge in [0.15, 0.2) is 0 Å². The molecule has 2 aromatic carbocycles. The van der Waals surface area contributed by atoms with E-state index < -0.39 is 0 Å². The van der Waals surface area contributed by atoms with Gasteiger partial charge in [0.2, 0.25) is 0 Å². The molecule has 3 rings (SSSR count). The lowest BCUT2D eigenvalue weighted by atomic mass is 10.0. The number of ether oxygens (including phenoxy) is 2. The Labute approximate surface area is 138 Å². The standard InChI is InChI=1S/C20H25NO2/c1-21(12-11-20-16-22-13-14-23-20)15-17-7-9-19(10-8-17)18-5-3-2-4-6-18/h2-10,20H,11-16H2,1H3. The lowest BCUT2D eigenvalue weighted by Crippen LogP contribution is -2.32. The molecular formula is C20H25NO2. The highest BCUT2D eigenvalue weighted by molar-refractivity contribution is 5.63. The lowest BCUT2D eigenvalue weighted by molar-refractivity contribution is -0.0923. The third-order valence-electron chi connectivity index (χ3n) is 4.23. The maximum atomic E-state index is 5.69. The molecule has 1 aliphatic heterocycles. The SMILES string of the molecule is CN(CCC1COCCO1)Cc1ccc(-c2ccccc2)cc1. The summed E-state index contributed by atoms with van der Waals surface area (Å²) >= 11 is 0. The molecule has 1 heterocycles. The second-order valence-corrected chi connectivity index (χ2v) is 6.16.